The number of nitrogens with zero attached hydrogens (tertiary/aromatic N) is 1. The van der Waals surface area contributed by atoms with E-state index in [-0.39, 0.29) is 0 Å². The summed E-state index contributed by atoms with van der Waals surface area (Å²) in [4.78, 5) is 2.64. The summed E-state index contributed by atoms with van der Waals surface area (Å²) in [6.45, 7) is 6.65. The van der Waals surface area contributed by atoms with Crippen molar-refractivity contribution in [1.82, 2.24) is 4.90 Å². The Labute approximate surface area is 118 Å². The Bertz CT molecular complexity index is 371. The average molecular weight is 260 g/mol. The van der Waals surface area contributed by atoms with Crippen molar-refractivity contribution in [2.45, 2.75) is 64.6 Å². The Kier molecular flexibility index (Phi) is 5.41. The summed E-state index contributed by atoms with van der Waals surface area (Å²) in [5.74, 6) is 0. The van der Waals surface area contributed by atoms with E-state index in [0.717, 1.165) is 19.4 Å². The van der Waals surface area contributed by atoms with Crippen LogP contribution in [0.2, 0.25) is 0 Å². The molecular formula is C17H28N2. The van der Waals surface area contributed by atoms with Gasteiger partial charge in [0.25, 0.3) is 0 Å². The van der Waals surface area contributed by atoms with E-state index in [9.17, 15) is 0 Å². The van der Waals surface area contributed by atoms with Crippen LogP contribution in [-0.2, 0) is 6.54 Å². The fourth-order valence-corrected chi connectivity index (χ4v) is 2.98. The van der Waals surface area contributed by atoms with Crippen LogP contribution in [-0.4, -0.2) is 23.5 Å². The van der Waals surface area contributed by atoms with Gasteiger partial charge in [0, 0.05) is 18.6 Å². The third kappa shape index (κ3) is 4.32. The van der Waals surface area contributed by atoms with Crippen LogP contribution in [0.4, 0.5) is 0 Å². The molecule has 2 nitrogen and oxygen atoms in total. The molecular weight excluding hydrogens is 232 g/mol. The highest BCUT2D eigenvalue weighted by molar-refractivity contribution is 5.21. The molecule has 1 aliphatic heterocycles. The molecule has 2 unspecified atom stereocenters. The summed E-state index contributed by atoms with van der Waals surface area (Å²) in [5, 5.41) is 0. The van der Waals surface area contributed by atoms with Gasteiger partial charge in [0.2, 0.25) is 0 Å². The minimum atomic E-state index is 0.364. The smallest absolute Gasteiger partial charge is 0.0236 e. The molecule has 0 radical (unpaired) electrons. The Morgan fingerprint density at radius 2 is 2.00 bits per heavy atom. The summed E-state index contributed by atoms with van der Waals surface area (Å²) in [6.07, 6.45) is 6.27. The number of piperidine rings is 1. The number of likely N-dealkylation sites (tertiary alicyclic amines) is 1. The maximum absolute atomic E-state index is 6.15. The lowest BCUT2D eigenvalue weighted by Gasteiger charge is -2.37. The highest BCUT2D eigenvalue weighted by Crippen LogP contribution is 2.23. The monoisotopic (exact) mass is 260 g/mol. The first kappa shape index (κ1) is 14.5. The molecule has 1 aromatic rings. The average Bonchev–Trinajstić information content (AvgIpc) is 2.43. The normalized spacial score (nSPS) is 22.4. The molecule has 1 heterocycles. The number of rotatable bonds is 5. The minimum absolute atomic E-state index is 0.364. The molecule has 2 heteroatoms. The largest absolute Gasteiger partial charge is 0.328 e. The predicted octanol–water partition coefficient (Wildman–Crippen LogP) is 3.48. The zero-order chi connectivity index (χ0) is 13.7. The van der Waals surface area contributed by atoms with Gasteiger partial charge in [-0.15, -0.1) is 0 Å². The first-order valence-corrected chi connectivity index (χ1v) is 7.74. The molecule has 2 atom stereocenters. The van der Waals surface area contributed by atoms with Crippen LogP contribution < -0.4 is 5.73 Å². The lowest BCUT2D eigenvalue weighted by Crippen LogP contribution is -2.42. The van der Waals surface area contributed by atoms with Crippen LogP contribution in [0.25, 0.3) is 0 Å². The quantitative estimate of drug-likeness (QED) is 0.878. The Balaban J connectivity index is 1.97. The molecule has 0 aliphatic carbocycles. The van der Waals surface area contributed by atoms with E-state index >= 15 is 0 Å². The number of benzene rings is 1. The molecule has 0 saturated carbocycles. The zero-order valence-electron chi connectivity index (χ0n) is 12.4. The van der Waals surface area contributed by atoms with Gasteiger partial charge < -0.3 is 5.73 Å². The lowest BCUT2D eigenvalue weighted by molar-refractivity contribution is 0.126. The summed E-state index contributed by atoms with van der Waals surface area (Å²) < 4.78 is 0. The summed E-state index contributed by atoms with van der Waals surface area (Å²) in [6, 6.07) is 10.0. The van der Waals surface area contributed by atoms with Gasteiger partial charge in [-0.25, -0.2) is 0 Å². The minimum Gasteiger partial charge on any atom is -0.328 e. The first-order valence-electron chi connectivity index (χ1n) is 7.74. The second-order valence-electron chi connectivity index (χ2n) is 6.01. The second kappa shape index (κ2) is 7.06. The molecule has 0 bridgehead atoms. The third-order valence-electron chi connectivity index (χ3n) is 4.35. The van der Waals surface area contributed by atoms with Gasteiger partial charge in [0.1, 0.15) is 0 Å². The third-order valence-corrected chi connectivity index (χ3v) is 4.35. The van der Waals surface area contributed by atoms with Crippen molar-refractivity contribution >= 4 is 0 Å². The van der Waals surface area contributed by atoms with Crippen molar-refractivity contribution in [2.24, 2.45) is 5.73 Å². The van der Waals surface area contributed by atoms with E-state index in [1.165, 1.54) is 36.9 Å². The fraction of sp³-hybridized carbons (Fsp3) is 0.647. The summed E-state index contributed by atoms with van der Waals surface area (Å²) in [5.41, 5.74) is 8.93. The van der Waals surface area contributed by atoms with E-state index in [2.05, 4.69) is 43.0 Å². The SMILES string of the molecule is CCC(N)CC1CCCCN1Cc1ccc(C)cc1. The molecule has 0 aromatic heterocycles. The fourth-order valence-electron chi connectivity index (χ4n) is 2.98. The molecule has 0 amide bonds. The number of hydrogen-bond acceptors (Lipinski definition) is 2. The van der Waals surface area contributed by atoms with Crippen molar-refractivity contribution in [3.63, 3.8) is 0 Å². The van der Waals surface area contributed by atoms with E-state index in [4.69, 9.17) is 5.73 Å². The zero-order valence-corrected chi connectivity index (χ0v) is 12.4. The molecule has 19 heavy (non-hydrogen) atoms. The highest BCUT2D eigenvalue weighted by Gasteiger charge is 2.23. The van der Waals surface area contributed by atoms with E-state index < -0.39 is 0 Å². The summed E-state index contributed by atoms with van der Waals surface area (Å²) >= 11 is 0. The van der Waals surface area contributed by atoms with Crippen molar-refractivity contribution in [3.05, 3.63) is 35.4 Å². The van der Waals surface area contributed by atoms with Gasteiger partial charge in [-0.3, -0.25) is 4.90 Å². The van der Waals surface area contributed by atoms with Gasteiger partial charge in [-0.05, 0) is 44.7 Å². The van der Waals surface area contributed by atoms with Crippen LogP contribution in [0, 0.1) is 6.92 Å². The molecule has 106 valence electrons. The Hall–Kier alpha value is -0.860. The van der Waals surface area contributed by atoms with Gasteiger partial charge in [0.15, 0.2) is 0 Å². The molecule has 2 N–H and O–H groups in total. The van der Waals surface area contributed by atoms with Crippen LogP contribution >= 0.6 is 0 Å². The van der Waals surface area contributed by atoms with Crippen molar-refractivity contribution < 1.29 is 0 Å². The van der Waals surface area contributed by atoms with Crippen molar-refractivity contribution in [2.75, 3.05) is 6.54 Å². The van der Waals surface area contributed by atoms with Gasteiger partial charge in [0.05, 0.1) is 0 Å². The van der Waals surface area contributed by atoms with Crippen LogP contribution in [0.3, 0.4) is 0 Å². The highest BCUT2D eigenvalue weighted by atomic mass is 15.2. The molecule has 1 aromatic carbocycles. The Morgan fingerprint density at radius 1 is 1.26 bits per heavy atom. The molecule has 1 fully saturated rings. The predicted molar refractivity (Wildman–Crippen MR) is 82.1 cm³/mol. The molecule has 0 spiro atoms. The number of nitrogens with two attached hydrogens (primary N) is 1. The molecule has 2 rings (SSSR count). The van der Waals surface area contributed by atoms with Gasteiger partial charge in [-0.1, -0.05) is 43.2 Å². The van der Waals surface area contributed by atoms with Crippen molar-refractivity contribution in [1.29, 1.82) is 0 Å². The van der Waals surface area contributed by atoms with E-state index in [1.807, 2.05) is 0 Å². The van der Waals surface area contributed by atoms with Crippen LogP contribution in [0.15, 0.2) is 24.3 Å². The lowest BCUT2D eigenvalue weighted by atomic mass is 9.94. The van der Waals surface area contributed by atoms with Crippen molar-refractivity contribution in [3.8, 4) is 0 Å². The van der Waals surface area contributed by atoms with Crippen LogP contribution in [0.5, 0.6) is 0 Å². The van der Waals surface area contributed by atoms with E-state index in [0.29, 0.717) is 12.1 Å². The standard InChI is InChI=1S/C17H28N2/c1-3-16(18)12-17-6-4-5-11-19(17)13-15-9-7-14(2)8-10-15/h7-10,16-17H,3-6,11-13,18H2,1-2H3. The van der Waals surface area contributed by atoms with E-state index in [1.54, 1.807) is 0 Å². The molecule has 1 saturated heterocycles. The maximum atomic E-state index is 6.15. The maximum Gasteiger partial charge on any atom is 0.0236 e. The summed E-state index contributed by atoms with van der Waals surface area (Å²) in [7, 11) is 0. The van der Waals surface area contributed by atoms with Crippen LogP contribution in [0.1, 0.15) is 50.2 Å². The number of aryl methyl sites for hydroxylation is 1. The topological polar surface area (TPSA) is 29.3 Å². The number of hydrogen-bond donors (Lipinski definition) is 1. The molecule has 1 aliphatic rings. The first-order chi connectivity index (χ1) is 9.19. The van der Waals surface area contributed by atoms with Gasteiger partial charge in [-0.2, -0.15) is 0 Å². The Morgan fingerprint density at radius 3 is 2.68 bits per heavy atom. The van der Waals surface area contributed by atoms with Gasteiger partial charge >= 0.3 is 0 Å². The second-order valence-corrected chi connectivity index (χ2v) is 6.01.